The lowest BCUT2D eigenvalue weighted by Gasteiger charge is -2.16. The van der Waals surface area contributed by atoms with Crippen LogP contribution in [0.2, 0.25) is 0 Å². The molecule has 0 aliphatic heterocycles. The number of thiazole rings is 1. The summed E-state index contributed by atoms with van der Waals surface area (Å²) in [6.07, 6.45) is -1.52. The van der Waals surface area contributed by atoms with E-state index in [2.05, 4.69) is 20.2 Å². The van der Waals surface area contributed by atoms with Gasteiger partial charge in [-0.2, -0.15) is 13.2 Å². The van der Waals surface area contributed by atoms with Gasteiger partial charge in [0.25, 0.3) is 0 Å². The minimum atomic E-state index is -4.41. The molecular formula is C27H34F3N7O3S. The van der Waals surface area contributed by atoms with Crippen molar-refractivity contribution in [2.24, 2.45) is 12.8 Å². The number of carbonyl (C=O) groups excluding carboxylic acids is 1. The second kappa shape index (κ2) is 13.3. The van der Waals surface area contributed by atoms with E-state index in [9.17, 15) is 22.8 Å². The Morgan fingerprint density at radius 2 is 1.78 bits per heavy atom. The molecule has 2 heterocycles. The summed E-state index contributed by atoms with van der Waals surface area (Å²) in [6.45, 7) is 1.06. The van der Waals surface area contributed by atoms with Crippen LogP contribution in [0.4, 0.5) is 24.3 Å². The standard InChI is InChI=1S/C17H11F3N4O2S.C10H23N3O/c1-24-12-5-2-8(14(25)26)6-11(12)21-15(24)23-16-22-10-4-3-9(17(18,19)20)7-13(10)27-16;1-12(2)8-6-5-7-9(11)10(14)13(3)4/h2-7H,1H3,(H,25,26)(H,21,22,23);9H,5-8,11H2,1-4H3/t;9-/m.0/s1. The number of alkyl halides is 3. The van der Waals surface area contributed by atoms with Gasteiger partial charge in [-0.05, 0) is 69.9 Å². The number of aromatic nitrogens is 3. The van der Waals surface area contributed by atoms with E-state index in [1.165, 1.54) is 18.2 Å². The maximum absolute atomic E-state index is 12.8. The Kier molecular flexibility index (Phi) is 10.3. The van der Waals surface area contributed by atoms with Gasteiger partial charge in [0.2, 0.25) is 11.9 Å². The number of fused-ring (bicyclic) bond motifs is 2. The van der Waals surface area contributed by atoms with Crippen LogP contribution in [0.1, 0.15) is 35.2 Å². The third-order valence-corrected chi connectivity index (χ3v) is 7.12. The predicted molar refractivity (Wildman–Crippen MR) is 155 cm³/mol. The molecule has 222 valence electrons. The van der Waals surface area contributed by atoms with Crippen LogP contribution in [-0.4, -0.2) is 82.1 Å². The van der Waals surface area contributed by atoms with E-state index < -0.39 is 17.7 Å². The summed E-state index contributed by atoms with van der Waals surface area (Å²) in [5.41, 5.74) is 6.76. The molecule has 4 rings (SSSR count). The topological polar surface area (TPSA) is 130 Å². The number of rotatable bonds is 9. The predicted octanol–water partition coefficient (Wildman–Crippen LogP) is 4.78. The maximum atomic E-state index is 12.8. The van der Waals surface area contributed by atoms with Crippen LogP contribution in [-0.2, 0) is 18.0 Å². The highest BCUT2D eigenvalue weighted by Gasteiger charge is 2.30. The van der Waals surface area contributed by atoms with E-state index in [-0.39, 0.29) is 17.5 Å². The van der Waals surface area contributed by atoms with Crippen molar-refractivity contribution >= 4 is 55.5 Å². The van der Waals surface area contributed by atoms with Gasteiger partial charge in [-0.25, -0.2) is 14.8 Å². The van der Waals surface area contributed by atoms with Gasteiger partial charge in [-0.1, -0.05) is 17.8 Å². The molecule has 2 aromatic carbocycles. The Hall–Kier alpha value is -3.75. The number of imidazole rings is 1. The molecule has 2 aromatic heterocycles. The quantitative estimate of drug-likeness (QED) is 0.237. The number of carboxylic acid groups (broad SMARTS) is 1. The molecule has 0 fully saturated rings. The van der Waals surface area contributed by atoms with Crippen molar-refractivity contribution in [3.63, 3.8) is 0 Å². The molecule has 0 unspecified atom stereocenters. The Morgan fingerprint density at radius 3 is 2.39 bits per heavy atom. The van der Waals surface area contributed by atoms with Gasteiger partial charge in [0, 0.05) is 21.1 Å². The molecule has 4 N–H and O–H groups in total. The van der Waals surface area contributed by atoms with Crippen LogP contribution in [0, 0.1) is 0 Å². The van der Waals surface area contributed by atoms with Gasteiger partial charge < -0.3 is 30.5 Å². The summed E-state index contributed by atoms with van der Waals surface area (Å²) in [7, 11) is 9.31. The van der Waals surface area contributed by atoms with Crippen LogP contribution in [0.25, 0.3) is 21.3 Å². The zero-order valence-electron chi connectivity index (χ0n) is 23.5. The Balaban J connectivity index is 0.000000282. The van der Waals surface area contributed by atoms with Gasteiger partial charge in [0.15, 0.2) is 5.13 Å². The van der Waals surface area contributed by atoms with Crippen molar-refractivity contribution < 1.29 is 27.9 Å². The number of aromatic carboxylic acids is 1. The second-order valence-electron chi connectivity index (χ2n) is 9.97. The number of hydrogen-bond acceptors (Lipinski definition) is 8. The van der Waals surface area contributed by atoms with Crippen molar-refractivity contribution in [3.05, 3.63) is 47.5 Å². The largest absolute Gasteiger partial charge is 0.478 e. The zero-order valence-corrected chi connectivity index (χ0v) is 24.3. The SMILES string of the molecule is CN(C)CCCC[C@H](N)C(=O)N(C)C.Cn1c(Nc2nc3ccc(C(F)(F)F)cc3s2)nc2cc(C(=O)O)ccc21. The first-order chi connectivity index (χ1) is 19.2. The molecule has 0 spiro atoms. The highest BCUT2D eigenvalue weighted by atomic mass is 32.1. The number of likely N-dealkylation sites (N-methyl/N-ethyl adjacent to an activating group) is 1. The van der Waals surface area contributed by atoms with Crippen molar-refractivity contribution in [2.75, 3.05) is 40.1 Å². The Labute approximate surface area is 239 Å². The fourth-order valence-electron chi connectivity index (χ4n) is 3.94. The van der Waals surface area contributed by atoms with E-state index >= 15 is 0 Å². The van der Waals surface area contributed by atoms with Crippen molar-refractivity contribution in [2.45, 2.75) is 31.5 Å². The highest BCUT2D eigenvalue weighted by Crippen LogP contribution is 2.35. The molecule has 10 nitrogen and oxygen atoms in total. The van der Waals surface area contributed by atoms with Gasteiger partial charge in [0.1, 0.15) is 0 Å². The lowest BCUT2D eigenvalue weighted by molar-refractivity contribution is -0.137. The number of carboxylic acids is 1. The molecule has 0 bridgehead atoms. The number of aryl methyl sites for hydroxylation is 1. The number of hydrogen-bond donors (Lipinski definition) is 3. The zero-order chi connectivity index (χ0) is 30.5. The molecule has 0 saturated carbocycles. The number of nitrogens with zero attached hydrogens (tertiary/aromatic N) is 5. The average Bonchev–Trinajstić information content (AvgIpc) is 3.44. The fraction of sp³-hybridized carbons (Fsp3) is 0.407. The summed E-state index contributed by atoms with van der Waals surface area (Å²) in [5, 5.41) is 12.5. The molecular weight excluding hydrogens is 559 g/mol. The Bertz CT molecular complexity index is 1520. The molecule has 41 heavy (non-hydrogen) atoms. The van der Waals surface area contributed by atoms with Crippen molar-refractivity contribution in [3.8, 4) is 0 Å². The molecule has 0 saturated heterocycles. The number of halogens is 3. The van der Waals surface area contributed by atoms with Crippen LogP contribution in [0.15, 0.2) is 36.4 Å². The van der Waals surface area contributed by atoms with Gasteiger partial charge in [-0.3, -0.25) is 4.79 Å². The van der Waals surface area contributed by atoms with E-state index in [0.29, 0.717) is 32.3 Å². The first kappa shape index (κ1) is 31.8. The molecule has 0 aliphatic rings. The molecule has 1 atom stereocenters. The summed E-state index contributed by atoms with van der Waals surface area (Å²) in [5.74, 6) is -0.624. The molecule has 1 amide bonds. The van der Waals surface area contributed by atoms with Crippen LogP contribution < -0.4 is 11.1 Å². The van der Waals surface area contributed by atoms with E-state index in [1.54, 1.807) is 36.7 Å². The summed E-state index contributed by atoms with van der Waals surface area (Å²) in [6, 6.07) is 7.63. The average molecular weight is 594 g/mol. The third kappa shape index (κ3) is 8.38. The number of nitrogens with one attached hydrogen (secondary N) is 1. The second-order valence-corrected chi connectivity index (χ2v) is 11.0. The van der Waals surface area contributed by atoms with Crippen molar-refractivity contribution in [1.29, 1.82) is 0 Å². The normalized spacial score (nSPS) is 12.3. The summed E-state index contributed by atoms with van der Waals surface area (Å²) in [4.78, 5) is 34.8. The number of amides is 1. The monoisotopic (exact) mass is 593 g/mol. The van der Waals surface area contributed by atoms with Gasteiger partial charge in [-0.15, -0.1) is 0 Å². The minimum Gasteiger partial charge on any atom is -0.478 e. The Morgan fingerprint density at radius 1 is 1.07 bits per heavy atom. The van der Waals surface area contributed by atoms with Gasteiger partial charge in [0.05, 0.1) is 38.4 Å². The molecule has 14 heteroatoms. The highest BCUT2D eigenvalue weighted by molar-refractivity contribution is 7.22. The van der Waals surface area contributed by atoms with Crippen LogP contribution in [0.5, 0.6) is 0 Å². The number of unbranched alkanes of at least 4 members (excludes halogenated alkanes) is 1. The number of benzene rings is 2. The molecule has 0 radical (unpaired) electrons. The summed E-state index contributed by atoms with van der Waals surface area (Å²) < 4.78 is 40.6. The van der Waals surface area contributed by atoms with Crippen LogP contribution >= 0.6 is 11.3 Å². The first-order valence-electron chi connectivity index (χ1n) is 12.7. The number of anilines is 2. The minimum absolute atomic E-state index is 0.0230. The number of nitrogens with two attached hydrogens (primary N) is 1. The van der Waals surface area contributed by atoms with Crippen molar-refractivity contribution in [1.82, 2.24) is 24.3 Å². The number of carbonyl (C=O) groups is 2. The van der Waals surface area contributed by atoms with E-state index in [1.807, 2.05) is 14.1 Å². The van der Waals surface area contributed by atoms with Gasteiger partial charge >= 0.3 is 12.1 Å². The molecule has 0 aliphatic carbocycles. The fourth-order valence-corrected chi connectivity index (χ4v) is 4.84. The maximum Gasteiger partial charge on any atom is 0.416 e. The lowest BCUT2D eigenvalue weighted by Crippen LogP contribution is -2.39. The van der Waals surface area contributed by atoms with E-state index in [0.717, 1.165) is 49.3 Å². The first-order valence-corrected chi connectivity index (χ1v) is 13.5. The van der Waals surface area contributed by atoms with E-state index in [4.69, 9.17) is 10.8 Å². The molecule has 4 aromatic rings. The smallest absolute Gasteiger partial charge is 0.416 e. The third-order valence-electron chi connectivity index (χ3n) is 6.19. The van der Waals surface area contributed by atoms with Crippen LogP contribution in [0.3, 0.4) is 0 Å². The lowest BCUT2D eigenvalue weighted by atomic mass is 10.1. The summed E-state index contributed by atoms with van der Waals surface area (Å²) >= 11 is 1.08.